The maximum Gasteiger partial charge on any atom is 0.325 e. The Morgan fingerprint density at radius 2 is 1.68 bits per heavy atom. The third kappa shape index (κ3) is 4.45. The molecule has 244 valence electrons. The summed E-state index contributed by atoms with van der Waals surface area (Å²) in [5.41, 5.74) is 0.921. The molecule has 0 amide bonds. The van der Waals surface area contributed by atoms with Crippen LogP contribution in [0.2, 0.25) is 0 Å². The Hall–Kier alpha value is -2.26. The van der Waals surface area contributed by atoms with Gasteiger partial charge in [-0.25, -0.2) is 4.68 Å². The molecule has 1 aromatic heterocycles. The second kappa shape index (κ2) is 10.1. The molecule has 0 aromatic carbocycles. The van der Waals surface area contributed by atoms with Crippen LogP contribution in [0.25, 0.3) is 0 Å². The zero-order valence-electron chi connectivity index (χ0n) is 27.7. The van der Waals surface area contributed by atoms with E-state index in [4.69, 9.17) is 9.84 Å². The fourth-order valence-electron chi connectivity index (χ4n) is 11.7. The van der Waals surface area contributed by atoms with Gasteiger partial charge in [0.15, 0.2) is 0 Å². The molecular formula is C35H53N3O6. The largest absolute Gasteiger partial charge is 0.480 e. The lowest BCUT2D eigenvalue weighted by Crippen LogP contribution is -2.67. The first-order chi connectivity index (χ1) is 20.4. The van der Waals surface area contributed by atoms with Crippen LogP contribution in [0.3, 0.4) is 0 Å². The molecule has 0 aliphatic heterocycles. The van der Waals surface area contributed by atoms with Gasteiger partial charge in [-0.1, -0.05) is 65.3 Å². The van der Waals surface area contributed by atoms with Gasteiger partial charge in [0.2, 0.25) is 0 Å². The van der Waals surface area contributed by atoms with Gasteiger partial charge in [-0.05, 0) is 103 Å². The fourth-order valence-corrected chi connectivity index (χ4v) is 11.7. The van der Waals surface area contributed by atoms with Crippen LogP contribution in [0.15, 0.2) is 17.8 Å². The number of hydrogen-bond donors (Lipinski definition) is 3. The van der Waals surface area contributed by atoms with Crippen molar-refractivity contribution in [2.75, 3.05) is 0 Å². The lowest BCUT2D eigenvalue weighted by atomic mass is 9.33. The molecule has 0 unspecified atom stereocenters. The van der Waals surface area contributed by atoms with Gasteiger partial charge in [0.25, 0.3) is 0 Å². The smallest absolute Gasteiger partial charge is 0.325 e. The molecule has 1 aromatic rings. The summed E-state index contributed by atoms with van der Waals surface area (Å²) in [5, 5.41) is 39.1. The van der Waals surface area contributed by atoms with Crippen molar-refractivity contribution >= 4 is 11.9 Å². The van der Waals surface area contributed by atoms with Crippen molar-refractivity contribution in [3.63, 3.8) is 0 Å². The number of hydrogen-bond acceptors (Lipinski definition) is 7. The summed E-state index contributed by atoms with van der Waals surface area (Å²) in [4.78, 5) is 25.2. The summed E-state index contributed by atoms with van der Waals surface area (Å²) in [6, 6.07) is 0. The second-order valence-corrected chi connectivity index (χ2v) is 17.3. The molecule has 9 nitrogen and oxygen atoms in total. The maximum atomic E-state index is 14.2. The van der Waals surface area contributed by atoms with E-state index in [-0.39, 0.29) is 52.1 Å². The zero-order valence-corrected chi connectivity index (χ0v) is 27.7. The number of fused-ring (bicyclic) bond motifs is 7. The number of allylic oxidation sites excluding steroid dienone is 2. The first kappa shape index (κ1) is 31.7. The van der Waals surface area contributed by atoms with Crippen LogP contribution in [0, 0.1) is 50.2 Å². The lowest BCUT2D eigenvalue weighted by molar-refractivity contribution is -0.232. The molecule has 9 atom stereocenters. The first-order valence-electron chi connectivity index (χ1n) is 16.7. The molecule has 5 aliphatic carbocycles. The number of aliphatic hydroxyl groups is 2. The van der Waals surface area contributed by atoms with Crippen LogP contribution in [0.4, 0.5) is 0 Å². The number of aliphatic carboxylic acids is 1. The van der Waals surface area contributed by atoms with E-state index >= 15 is 0 Å². The Kier molecular flexibility index (Phi) is 7.29. The molecule has 4 fully saturated rings. The second-order valence-electron chi connectivity index (χ2n) is 17.3. The number of ether oxygens (including phenoxy) is 1. The van der Waals surface area contributed by atoms with E-state index in [0.29, 0.717) is 24.0 Å². The Morgan fingerprint density at radius 1 is 0.977 bits per heavy atom. The van der Waals surface area contributed by atoms with Gasteiger partial charge >= 0.3 is 11.9 Å². The lowest BCUT2D eigenvalue weighted by Gasteiger charge is -2.71. The first-order valence-corrected chi connectivity index (χ1v) is 16.7. The molecule has 1 heterocycles. The standard InChI is InChI=1S/C35H53N3O6/c1-30(2)12-14-35(29(43)44-20-21-18-38(37-36-21)19-27(40)41)15-13-33(6)22(23(35)16-30)8-9-26-32(5)17-24(39)28(42)31(3,4)25(32)10-11-34(26,33)7/h8,18,23-26,28,39,42H,9-17,19-20H2,1-7H3,(H,40,41)/t23-,24+,25-,26+,28-,32-,33+,34+,35-/m0/s1. The van der Waals surface area contributed by atoms with Crippen LogP contribution in [0.1, 0.15) is 112 Å². The minimum Gasteiger partial charge on any atom is -0.480 e. The number of nitrogens with zero attached hydrogens (tertiary/aromatic N) is 3. The maximum absolute atomic E-state index is 14.2. The van der Waals surface area contributed by atoms with Crippen molar-refractivity contribution in [1.29, 1.82) is 0 Å². The highest BCUT2D eigenvalue weighted by molar-refractivity contribution is 5.78. The highest BCUT2D eigenvalue weighted by Gasteiger charge is 2.70. The van der Waals surface area contributed by atoms with Crippen LogP contribution in [0.5, 0.6) is 0 Å². The quantitative estimate of drug-likeness (QED) is 0.292. The van der Waals surface area contributed by atoms with Crippen LogP contribution < -0.4 is 0 Å². The number of carbonyl (C=O) groups is 2. The number of carbonyl (C=O) groups excluding carboxylic acids is 1. The monoisotopic (exact) mass is 611 g/mol. The molecule has 44 heavy (non-hydrogen) atoms. The number of aromatic nitrogens is 3. The third-order valence-corrected chi connectivity index (χ3v) is 14.2. The molecule has 0 saturated heterocycles. The Morgan fingerprint density at radius 3 is 2.39 bits per heavy atom. The molecule has 0 radical (unpaired) electrons. The minimum absolute atomic E-state index is 0.0146. The number of aliphatic hydroxyl groups excluding tert-OH is 2. The van der Waals surface area contributed by atoms with Crippen molar-refractivity contribution in [3.05, 3.63) is 23.5 Å². The average Bonchev–Trinajstić information content (AvgIpc) is 3.37. The summed E-state index contributed by atoms with van der Waals surface area (Å²) < 4.78 is 7.25. The Labute approximate surface area is 261 Å². The van der Waals surface area contributed by atoms with Crippen LogP contribution in [-0.4, -0.2) is 54.5 Å². The van der Waals surface area contributed by atoms with Gasteiger partial charge in [-0.3, -0.25) is 9.59 Å². The normalized spacial score (nSPS) is 43.8. The van der Waals surface area contributed by atoms with Gasteiger partial charge in [-0.2, -0.15) is 0 Å². The number of carboxylic acids is 1. The SMILES string of the molecule is CC1(C)CC[C@]2(C(=O)OCc3cn(CC(=O)O)nn3)CC[C@]3(C)C(=CC[C@@H]4[C@@]5(C)C[C@@H](O)[C@H](O)C(C)(C)[C@@H]5CC[C@]43C)[C@@H]2C1. The van der Waals surface area contributed by atoms with E-state index < -0.39 is 23.6 Å². The molecule has 9 heteroatoms. The topological polar surface area (TPSA) is 135 Å². The van der Waals surface area contributed by atoms with Crippen molar-refractivity contribution in [3.8, 4) is 0 Å². The molecule has 5 aliphatic rings. The van der Waals surface area contributed by atoms with E-state index in [2.05, 4.69) is 64.9 Å². The van der Waals surface area contributed by atoms with Crippen LogP contribution in [-0.2, 0) is 27.5 Å². The van der Waals surface area contributed by atoms with Crippen molar-refractivity contribution in [2.45, 2.75) is 132 Å². The predicted molar refractivity (Wildman–Crippen MR) is 164 cm³/mol. The molecular weight excluding hydrogens is 558 g/mol. The summed E-state index contributed by atoms with van der Waals surface area (Å²) in [5.74, 6) is -0.352. The number of esters is 1. The predicted octanol–water partition coefficient (Wildman–Crippen LogP) is 5.54. The van der Waals surface area contributed by atoms with Crippen LogP contribution >= 0.6 is 0 Å². The van der Waals surface area contributed by atoms with Gasteiger partial charge in [0.05, 0.1) is 23.8 Å². The fraction of sp³-hybridized carbons (Fsp3) is 0.829. The average molecular weight is 612 g/mol. The van der Waals surface area contributed by atoms with Gasteiger partial charge < -0.3 is 20.1 Å². The van der Waals surface area contributed by atoms with Crippen molar-refractivity contribution in [2.24, 2.45) is 50.2 Å². The van der Waals surface area contributed by atoms with Gasteiger partial charge in [0.1, 0.15) is 18.8 Å². The van der Waals surface area contributed by atoms with Crippen molar-refractivity contribution in [1.82, 2.24) is 15.0 Å². The molecule has 0 spiro atoms. The summed E-state index contributed by atoms with van der Waals surface area (Å²) in [6.45, 7) is 16.0. The van der Waals surface area contributed by atoms with Gasteiger partial charge in [0, 0.05) is 0 Å². The number of rotatable bonds is 5. The highest BCUT2D eigenvalue weighted by Crippen LogP contribution is 2.75. The Bertz CT molecular complexity index is 1370. The van der Waals surface area contributed by atoms with E-state index in [1.807, 2.05) is 0 Å². The summed E-state index contributed by atoms with van der Waals surface area (Å²) in [6.07, 6.45) is 10.7. The van der Waals surface area contributed by atoms with Gasteiger partial charge in [-0.15, -0.1) is 5.10 Å². The zero-order chi connectivity index (χ0) is 32.1. The number of carboxylic acid groups (broad SMARTS) is 1. The van der Waals surface area contributed by atoms with E-state index in [1.54, 1.807) is 0 Å². The molecule has 0 bridgehead atoms. The summed E-state index contributed by atoms with van der Waals surface area (Å²) >= 11 is 0. The molecule has 4 saturated carbocycles. The van der Waals surface area contributed by atoms with E-state index in [0.717, 1.165) is 51.4 Å². The molecule has 6 rings (SSSR count). The van der Waals surface area contributed by atoms with E-state index in [9.17, 15) is 19.8 Å². The minimum atomic E-state index is -1.00. The third-order valence-electron chi connectivity index (χ3n) is 14.2. The summed E-state index contributed by atoms with van der Waals surface area (Å²) in [7, 11) is 0. The van der Waals surface area contributed by atoms with E-state index in [1.165, 1.54) is 16.5 Å². The Balaban J connectivity index is 1.32. The highest BCUT2D eigenvalue weighted by atomic mass is 16.5. The van der Waals surface area contributed by atoms with Crippen molar-refractivity contribution < 1.29 is 29.6 Å². The molecule has 3 N–H and O–H groups in total.